The van der Waals surface area contributed by atoms with Gasteiger partial charge in [0.15, 0.2) is 9.84 Å². The summed E-state index contributed by atoms with van der Waals surface area (Å²) >= 11 is 6.44. The lowest BCUT2D eigenvalue weighted by molar-refractivity contribution is -0.140. The smallest absolute Gasteiger partial charge is 0.226 e. The molecule has 1 aliphatic carbocycles. The zero-order valence-electron chi connectivity index (χ0n) is 20.4. The third-order valence-electron chi connectivity index (χ3n) is 7.96. The SMILES string of the molecule is Cc1c(CC(=O)C2CCCS(=O)(=O)C2)cc(Cl)cc1CN1CCN(C(=O)C2CCCC2)[C@@H](C)C1. The largest absolute Gasteiger partial charge is 0.337 e. The maximum atomic E-state index is 12.9. The molecule has 3 aliphatic rings. The molecule has 8 heteroatoms. The molecular weight excluding hydrogens is 472 g/mol. The van der Waals surface area contributed by atoms with E-state index in [0.29, 0.717) is 23.8 Å². The van der Waals surface area contributed by atoms with E-state index in [1.54, 1.807) is 0 Å². The number of carbonyl (C=O) groups is 2. The molecule has 2 aliphatic heterocycles. The Morgan fingerprint density at radius 3 is 2.38 bits per heavy atom. The molecule has 2 heterocycles. The fourth-order valence-electron chi connectivity index (χ4n) is 5.91. The van der Waals surface area contributed by atoms with Crippen molar-refractivity contribution in [3.63, 3.8) is 0 Å². The predicted molar refractivity (Wildman–Crippen MR) is 135 cm³/mol. The molecule has 0 spiro atoms. The summed E-state index contributed by atoms with van der Waals surface area (Å²) in [7, 11) is -3.12. The molecule has 1 amide bonds. The molecule has 0 bridgehead atoms. The van der Waals surface area contributed by atoms with E-state index in [2.05, 4.69) is 16.7 Å². The highest BCUT2D eigenvalue weighted by molar-refractivity contribution is 7.91. The van der Waals surface area contributed by atoms with Crippen molar-refractivity contribution in [3.05, 3.63) is 33.8 Å². The molecule has 34 heavy (non-hydrogen) atoms. The first-order chi connectivity index (χ1) is 16.1. The summed E-state index contributed by atoms with van der Waals surface area (Å²) in [6, 6.07) is 3.99. The Kier molecular flexibility index (Phi) is 8.05. The van der Waals surface area contributed by atoms with E-state index < -0.39 is 15.8 Å². The van der Waals surface area contributed by atoms with Gasteiger partial charge in [-0.2, -0.15) is 0 Å². The molecule has 0 N–H and O–H groups in total. The number of rotatable bonds is 6. The van der Waals surface area contributed by atoms with Gasteiger partial charge in [-0.25, -0.2) is 8.42 Å². The van der Waals surface area contributed by atoms with E-state index in [0.717, 1.165) is 55.7 Å². The second-order valence-corrected chi connectivity index (χ2v) is 13.2. The highest BCUT2D eigenvalue weighted by atomic mass is 35.5. The van der Waals surface area contributed by atoms with Crippen LogP contribution in [0.3, 0.4) is 0 Å². The van der Waals surface area contributed by atoms with E-state index in [9.17, 15) is 18.0 Å². The Morgan fingerprint density at radius 1 is 1.03 bits per heavy atom. The van der Waals surface area contributed by atoms with Crippen LogP contribution in [0.1, 0.15) is 62.1 Å². The monoisotopic (exact) mass is 508 g/mol. The molecule has 1 aromatic rings. The van der Waals surface area contributed by atoms with Crippen LogP contribution in [0, 0.1) is 18.8 Å². The number of nitrogens with zero attached hydrogens (tertiary/aromatic N) is 2. The molecule has 0 aromatic heterocycles. The molecule has 3 fully saturated rings. The van der Waals surface area contributed by atoms with E-state index in [1.165, 1.54) is 12.8 Å². The summed E-state index contributed by atoms with van der Waals surface area (Å²) in [6.45, 7) is 7.27. The zero-order chi connectivity index (χ0) is 24.5. The van der Waals surface area contributed by atoms with E-state index >= 15 is 0 Å². The van der Waals surface area contributed by atoms with Crippen molar-refractivity contribution in [3.8, 4) is 0 Å². The number of ketones is 1. The second-order valence-electron chi connectivity index (χ2n) is 10.5. The number of hydrogen-bond acceptors (Lipinski definition) is 5. The number of amides is 1. The van der Waals surface area contributed by atoms with E-state index in [4.69, 9.17) is 11.6 Å². The van der Waals surface area contributed by atoms with Crippen molar-refractivity contribution in [1.82, 2.24) is 9.80 Å². The van der Waals surface area contributed by atoms with Crippen LogP contribution >= 0.6 is 11.6 Å². The number of piperazine rings is 1. The fourth-order valence-corrected chi connectivity index (χ4v) is 7.91. The van der Waals surface area contributed by atoms with Crippen LogP contribution in [0.15, 0.2) is 12.1 Å². The van der Waals surface area contributed by atoms with Gasteiger partial charge in [0.05, 0.1) is 11.5 Å². The van der Waals surface area contributed by atoms with Gasteiger partial charge < -0.3 is 4.90 Å². The summed E-state index contributed by atoms with van der Waals surface area (Å²) in [5.74, 6) is 0.284. The van der Waals surface area contributed by atoms with E-state index in [1.807, 2.05) is 19.1 Å². The van der Waals surface area contributed by atoms with Crippen molar-refractivity contribution in [2.24, 2.45) is 11.8 Å². The lowest BCUT2D eigenvalue weighted by Gasteiger charge is -2.41. The van der Waals surface area contributed by atoms with E-state index in [-0.39, 0.29) is 35.7 Å². The van der Waals surface area contributed by atoms with Crippen LogP contribution in [-0.4, -0.2) is 67.1 Å². The maximum absolute atomic E-state index is 12.9. The maximum Gasteiger partial charge on any atom is 0.226 e. The Morgan fingerprint density at radius 2 is 1.71 bits per heavy atom. The van der Waals surface area contributed by atoms with Gasteiger partial charge in [0.25, 0.3) is 0 Å². The summed E-state index contributed by atoms with van der Waals surface area (Å²) in [5, 5.41) is 0.600. The van der Waals surface area contributed by atoms with Gasteiger partial charge in [0.1, 0.15) is 5.78 Å². The zero-order valence-corrected chi connectivity index (χ0v) is 22.0. The molecule has 4 rings (SSSR count). The summed E-state index contributed by atoms with van der Waals surface area (Å²) in [6.07, 6.45) is 5.82. The molecule has 0 radical (unpaired) electrons. The van der Waals surface area contributed by atoms with Crippen molar-refractivity contribution < 1.29 is 18.0 Å². The van der Waals surface area contributed by atoms with Gasteiger partial charge in [0, 0.05) is 55.5 Å². The van der Waals surface area contributed by atoms with Crippen LogP contribution in [0.2, 0.25) is 5.02 Å². The molecule has 2 atom stereocenters. The fraction of sp³-hybridized carbons (Fsp3) is 0.692. The first kappa shape index (κ1) is 25.6. The quantitative estimate of drug-likeness (QED) is 0.584. The molecular formula is C26H37ClN2O4S. The van der Waals surface area contributed by atoms with Crippen LogP contribution in [0.25, 0.3) is 0 Å². The van der Waals surface area contributed by atoms with Crippen LogP contribution in [0.5, 0.6) is 0 Å². The summed E-state index contributed by atoms with van der Waals surface area (Å²) in [4.78, 5) is 30.3. The third-order valence-corrected chi connectivity index (χ3v) is 10.0. The van der Waals surface area contributed by atoms with Gasteiger partial charge in [-0.15, -0.1) is 0 Å². The van der Waals surface area contributed by atoms with Crippen LogP contribution in [0.4, 0.5) is 0 Å². The van der Waals surface area contributed by atoms with Crippen molar-refractivity contribution in [1.29, 1.82) is 0 Å². The highest BCUT2D eigenvalue weighted by Crippen LogP contribution is 2.29. The number of carbonyl (C=O) groups excluding carboxylic acids is 2. The normalized spacial score (nSPS) is 26.0. The second kappa shape index (κ2) is 10.7. The minimum atomic E-state index is -3.12. The minimum Gasteiger partial charge on any atom is -0.337 e. The van der Waals surface area contributed by atoms with Crippen LogP contribution in [-0.2, 0) is 32.4 Å². The Labute approximate surface area is 208 Å². The van der Waals surface area contributed by atoms with Gasteiger partial charge in [-0.3, -0.25) is 14.5 Å². The number of Topliss-reactive ketones (excluding diaryl/α,β-unsaturated/α-hetero) is 1. The average molecular weight is 509 g/mol. The first-order valence-electron chi connectivity index (χ1n) is 12.7. The molecule has 2 saturated heterocycles. The number of halogens is 1. The summed E-state index contributed by atoms with van der Waals surface area (Å²) < 4.78 is 24.0. The van der Waals surface area contributed by atoms with Crippen LogP contribution < -0.4 is 0 Å². The van der Waals surface area contributed by atoms with Gasteiger partial charge in [0.2, 0.25) is 5.91 Å². The average Bonchev–Trinajstić information content (AvgIpc) is 3.31. The number of hydrogen-bond donors (Lipinski definition) is 0. The molecule has 1 saturated carbocycles. The molecule has 1 aromatic carbocycles. The first-order valence-corrected chi connectivity index (χ1v) is 14.9. The Bertz CT molecular complexity index is 1040. The minimum absolute atomic E-state index is 0.00717. The highest BCUT2D eigenvalue weighted by Gasteiger charge is 2.33. The van der Waals surface area contributed by atoms with Crippen molar-refractivity contribution >= 4 is 33.1 Å². The number of benzene rings is 1. The lowest BCUT2D eigenvalue weighted by Crippen LogP contribution is -2.54. The van der Waals surface area contributed by atoms with Gasteiger partial charge in [-0.05, 0) is 68.4 Å². The standard InChI is InChI=1S/C26H37ClN2O4S/c1-18-15-28(9-10-29(18)26(31)20-6-3-4-7-20)16-23-13-24(27)12-22(19(23)2)14-25(30)21-8-5-11-34(32,33)17-21/h12-13,18,20-21H,3-11,14-17H2,1-2H3/t18-,21?/m0/s1. The third kappa shape index (κ3) is 6.03. The van der Waals surface area contributed by atoms with Crippen molar-refractivity contribution in [2.75, 3.05) is 31.1 Å². The van der Waals surface area contributed by atoms with Gasteiger partial charge in [-0.1, -0.05) is 24.4 Å². The van der Waals surface area contributed by atoms with Crippen molar-refractivity contribution in [2.45, 2.75) is 71.4 Å². The van der Waals surface area contributed by atoms with Gasteiger partial charge >= 0.3 is 0 Å². The molecule has 188 valence electrons. The predicted octanol–water partition coefficient (Wildman–Crippen LogP) is 3.81. The molecule has 1 unspecified atom stereocenters. The Hall–Kier alpha value is -1.44. The molecule has 6 nitrogen and oxygen atoms in total. The topological polar surface area (TPSA) is 74.8 Å². The number of sulfone groups is 1. The summed E-state index contributed by atoms with van der Waals surface area (Å²) in [5.41, 5.74) is 3.03. The Balaban J connectivity index is 1.40. The lowest BCUT2D eigenvalue weighted by atomic mass is 9.91.